The minimum atomic E-state index is -0.0304. The quantitative estimate of drug-likeness (QED) is 0.823. The van der Waals surface area contributed by atoms with E-state index in [4.69, 9.17) is 0 Å². The van der Waals surface area contributed by atoms with E-state index in [0.717, 1.165) is 42.8 Å². The van der Waals surface area contributed by atoms with Gasteiger partial charge < -0.3 is 10.2 Å². The van der Waals surface area contributed by atoms with Gasteiger partial charge in [-0.25, -0.2) is 4.68 Å². The van der Waals surface area contributed by atoms with Gasteiger partial charge in [-0.3, -0.25) is 14.5 Å². The molecular formula is C23H31N5O2. The van der Waals surface area contributed by atoms with Crippen LogP contribution in [0.2, 0.25) is 0 Å². The molecule has 3 heterocycles. The molecule has 0 aliphatic carbocycles. The minimum Gasteiger partial charge on any atom is -0.349 e. The first-order chi connectivity index (χ1) is 14.3. The number of fused-ring (bicyclic) bond motifs is 2. The van der Waals surface area contributed by atoms with Crippen LogP contribution in [0.4, 0.5) is 0 Å². The van der Waals surface area contributed by atoms with Gasteiger partial charge in [0.15, 0.2) is 0 Å². The van der Waals surface area contributed by atoms with Gasteiger partial charge in [0.25, 0.3) is 5.91 Å². The number of rotatable bonds is 5. The summed E-state index contributed by atoms with van der Waals surface area (Å²) in [7, 11) is 3.61. The Kier molecular flexibility index (Phi) is 5.64. The Balaban J connectivity index is 1.37. The number of nitrogens with zero attached hydrogens (tertiary/aromatic N) is 4. The van der Waals surface area contributed by atoms with Crippen LogP contribution in [-0.4, -0.2) is 70.2 Å². The molecule has 1 N–H and O–H groups in total. The largest absolute Gasteiger partial charge is 0.349 e. The van der Waals surface area contributed by atoms with Crippen molar-refractivity contribution in [3.63, 3.8) is 0 Å². The van der Waals surface area contributed by atoms with Gasteiger partial charge in [-0.05, 0) is 69.9 Å². The summed E-state index contributed by atoms with van der Waals surface area (Å²) in [5.41, 5.74) is 3.66. The minimum absolute atomic E-state index is 0.0304. The Labute approximate surface area is 178 Å². The van der Waals surface area contributed by atoms with E-state index < -0.39 is 0 Å². The third kappa shape index (κ3) is 4.12. The standard InChI is InChI=1S/C23H31N5O2/c1-15-11-16(2)28(25-15)19-7-5-17(6-8-19)23(30)24-18-12-20-9-10-21(13-18)27(20)14-22(29)26(3)4/h5-8,11,18,20-21H,9-10,12-14H2,1-4H3,(H,24,30)/t18?,20-,21+. The summed E-state index contributed by atoms with van der Waals surface area (Å²) in [6.07, 6.45) is 4.03. The predicted molar refractivity (Wildman–Crippen MR) is 116 cm³/mol. The van der Waals surface area contributed by atoms with Crippen LogP contribution >= 0.6 is 0 Å². The van der Waals surface area contributed by atoms with E-state index in [9.17, 15) is 9.59 Å². The Morgan fingerprint density at radius 3 is 2.27 bits per heavy atom. The van der Waals surface area contributed by atoms with Gasteiger partial charge in [0.1, 0.15) is 0 Å². The van der Waals surface area contributed by atoms with Crippen LogP contribution in [0.15, 0.2) is 30.3 Å². The third-order valence-corrected chi connectivity index (χ3v) is 6.42. The molecule has 0 spiro atoms. The van der Waals surface area contributed by atoms with E-state index in [1.807, 2.05) is 48.9 Å². The molecule has 2 saturated heterocycles. The number of carbonyl (C=O) groups excluding carboxylic acids is 2. The van der Waals surface area contributed by atoms with Crippen molar-refractivity contribution in [2.24, 2.45) is 0 Å². The Bertz CT molecular complexity index is 920. The predicted octanol–water partition coefficient (Wildman–Crippen LogP) is 2.30. The molecule has 2 bridgehead atoms. The fourth-order valence-electron chi connectivity index (χ4n) is 4.86. The average Bonchev–Trinajstić information content (AvgIpc) is 3.15. The summed E-state index contributed by atoms with van der Waals surface area (Å²) in [6.45, 7) is 4.48. The third-order valence-electron chi connectivity index (χ3n) is 6.42. The molecule has 7 heteroatoms. The van der Waals surface area contributed by atoms with Crippen molar-refractivity contribution in [1.82, 2.24) is 24.9 Å². The fourth-order valence-corrected chi connectivity index (χ4v) is 4.86. The number of aromatic nitrogens is 2. The average molecular weight is 410 g/mol. The molecule has 1 aromatic heterocycles. The molecule has 2 fully saturated rings. The number of amides is 2. The zero-order chi connectivity index (χ0) is 21.4. The number of benzene rings is 1. The lowest BCUT2D eigenvalue weighted by atomic mass is 9.96. The molecule has 0 saturated carbocycles. The summed E-state index contributed by atoms with van der Waals surface area (Å²) in [5.74, 6) is 0.120. The Morgan fingerprint density at radius 2 is 1.73 bits per heavy atom. The Morgan fingerprint density at radius 1 is 1.10 bits per heavy atom. The van der Waals surface area contributed by atoms with Crippen LogP contribution in [-0.2, 0) is 4.79 Å². The number of piperidine rings is 1. The van der Waals surface area contributed by atoms with Gasteiger partial charge in [-0.1, -0.05) is 0 Å². The van der Waals surface area contributed by atoms with Crippen molar-refractivity contribution < 1.29 is 9.59 Å². The van der Waals surface area contributed by atoms with Crippen LogP contribution in [0.3, 0.4) is 0 Å². The monoisotopic (exact) mass is 409 g/mol. The molecule has 30 heavy (non-hydrogen) atoms. The van der Waals surface area contributed by atoms with Crippen molar-refractivity contribution in [1.29, 1.82) is 0 Å². The maximum Gasteiger partial charge on any atom is 0.251 e. The lowest BCUT2D eigenvalue weighted by molar-refractivity contribution is -0.131. The van der Waals surface area contributed by atoms with Crippen LogP contribution in [0.5, 0.6) is 0 Å². The summed E-state index contributed by atoms with van der Waals surface area (Å²) < 4.78 is 1.89. The molecule has 4 rings (SSSR count). The van der Waals surface area contributed by atoms with Crippen molar-refractivity contribution in [2.45, 2.75) is 57.7 Å². The smallest absolute Gasteiger partial charge is 0.251 e. The van der Waals surface area contributed by atoms with E-state index in [2.05, 4.69) is 15.3 Å². The highest BCUT2D eigenvalue weighted by Crippen LogP contribution is 2.35. The molecule has 2 aromatic rings. The zero-order valence-corrected chi connectivity index (χ0v) is 18.3. The van der Waals surface area contributed by atoms with Gasteiger partial charge >= 0.3 is 0 Å². The van der Waals surface area contributed by atoms with E-state index in [-0.39, 0.29) is 17.9 Å². The van der Waals surface area contributed by atoms with Crippen LogP contribution in [0, 0.1) is 13.8 Å². The second kappa shape index (κ2) is 8.22. The highest BCUT2D eigenvalue weighted by atomic mass is 16.2. The second-order valence-corrected chi connectivity index (χ2v) is 8.87. The van der Waals surface area contributed by atoms with Gasteiger partial charge in [0.2, 0.25) is 5.91 Å². The van der Waals surface area contributed by atoms with Gasteiger partial charge in [0.05, 0.1) is 17.9 Å². The summed E-state index contributed by atoms with van der Waals surface area (Å²) in [6, 6.07) is 10.6. The van der Waals surface area contributed by atoms with Gasteiger partial charge in [-0.2, -0.15) is 5.10 Å². The molecule has 0 radical (unpaired) electrons. The number of likely N-dealkylation sites (N-methyl/N-ethyl adjacent to an activating group) is 1. The summed E-state index contributed by atoms with van der Waals surface area (Å²) >= 11 is 0. The van der Waals surface area contributed by atoms with Crippen molar-refractivity contribution in [2.75, 3.05) is 20.6 Å². The van der Waals surface area contributed by atoms with Crippen LogP contribution in [0.1, 0.15) is 47.4 Å². The van der Waals surface area contributed by atoms with E-state index in [1.54, 1.807) is 19.0 Å². The zero-order valence-electron chi connectivity index (χ0n) is 18.3. The first kappa shape index (κ1) is 20.6. The lowest BCUT2D eigenvalue weighted by Gasteiger charge is -2.39. The van der Waals surface area contributed by atoms with Gasteiger partial charge in [0, 0.05) is 43.5 Å². The van der Waals surface area contributed by atoms with Crippen molar-refractivity contribution >= 4 is 11.8 Å². The number of carbonyl (C=O) groups is 2. The van der Waals surface area contributed by atoms with E-state index in [1.165, 1.54) is 0 Å². The van der Waals surface area contributed by atoms with Crippen LogP contribution < -0.4 is 5.32 Å². The number of hydrogen-bond acceptors (Lipinski definition) is 4. The maximum absolute atomic E-state index is 12.8. The molecule has 7 nitrogen and oxygen atoms in total. The van der Waals surface area contributed by atoms with E-state index in [0.29, 0.717) is 24.2 Å². The Hall–Kier alpha value is -2.67. The SMILES string of the molecule is Cc1cc(C)n(-c2ccc(C(=O)NC3C[C@H]4CC[C@@H](C3)N4CC(=O)N(C)C)cc2)n1. The molecule has 1 unspecified atom stereocenters. The topological polar surface area (TPSA) is 70.5 Å². The highest BCUT2D eigenvalue weighted by Gasteiger charge is 2.41. The summed E-state index contributed by atoms with van der Waals surface area (Å²) in [4.78, 5) is 28.9. The van der Waals surface area contributed by atoms with E-state index >= 15 is 0 Å². The first-order valence-electron chi connectivity index (χ1n) is 10.7. The first-order valence-corrected chi connectivity index (χ1v) is 10.7. The fraction of sp³-hybridized carbons (Fsp3) is 0.522. The number of aryl methyl sites for hydroxylation is 2. The highest BCUT2D eigenvalue weighted by molar-refractivity contribution is 5.94. The molecule has 3 atom stereocenters. The van der Waals surface area contributed by atoms with Crippen molar-refractivity contribution in [3.8, 4) is 5.69 Å². The number of hydrogen-bond donors (Lipinski definition) is 1. The maximum atomic E-state index is 12.8. The molecule has 1 aromatic carbocycles. The normalized spacial score (nSPS) is 23.4. The second-order valence-electron chi connectivity index (χ2n) is 8.87. The lowest BCUT2D eigenvalue weighted by Crippen LogP contribution is -2.52. The molecule has 2 aliphatic heterocycles. The van der Waals surface area contributed by atoms with Gasteiger partial charge in [-0.15, -0.1) is 0 Å². The number of nitrogens with one attached hydrogen (secondary N) is 1. The molecule has 2 aliphatic rings. The van der Waals surface area contributed by atoms with Crippen molar-refractivity contribution in [3.05, 3.63) is 47.3 Å². The van der Waals surface area contributed by atoms with Crippen LogP contribution in [0.25, 0.3) is 5.69 Å². The summed E-state index contributed by atoms with van der Waals surface area (Å²) in [5, 5.41) is 7.72. The molecule has 160 valence electrons. The molecule has 2 amide bonds. The molecular weight excluding hydrogens is 378 g/mol.